The number of nitrogens with zero attached hydrogens (tertiary/aromatic N) is 4. The number of hydrogen-bond acceptors (Lipinski definition) is 5. The molecule has 0 aliphatic carbocycles. The first-order chi connectivity index (χ1) is 10.3. The molecule has 0 aromatic carbocycles. The Morgan fingerprint density at radius 2 is 2.05 bits per heavy atom. The van der Waals surface area contributed by atoms with Crippen molar-refractivity contribution in [2.75, 3.05) is 37.7 Å². The van der Waals surface area contributed by atoms with Gasteiger partial charge in [-0.1, -0.05) is 6.07 Å². The Labute approximate surface area is 125 Å². The standard InChI is InChI=1S/C16H22N4O/c17-10-14-2-1-3-16(18-14)20-11-15(12-20)19-7-4-13(5-8-19)6-9-21/h1-3,13,15,21H,4-9,11-12H2. The maximum absolute atomic E-state index is 9.00. The minimum absolute atomic E-state index is 0.322. The molecule has 5 nitrogen and oxygen atoms in total. The van der Waals surface area contributed by atoms with Gasteiger partial charge in [-0.05, 0) is 50.4 Å². The summed E-state index contributed by atoms with van der Waals surface area (Å²) in [5.41, 5.74) is 0.487. The molecule has 0 unspecified atom stereocenters. The van der Waals surface area contributed by atoms with E-state index in [2.05, 4.69) is 20.9 Å². The van der Waals surface area contributed by atoms with Crippen LogP contribution in [0.3, 0.4) is 0 Å². The first kappa shape index (κ1) is 14.3. The normalized spacial score (nSPS) is 21.0. The zero-order chi connectivity index (χ0) is 14.7. The second kappa shape index (κ2) is 6.42. The summed E-state index contributed by atoms with van der Waals surface area (Å²) in [6.07, 6.45) is 3.37. The number of likely N-dealkylation sites (tertiary alicyclic amines) is 1. The number of nitriles is 1. The predicted octanol–water partition coefficient (Wildman–Crippen LogP) is 1.24. The van der Waals surface area contributed by atoms with Crippen molar-refractivity contribution in [3.8, 4) is 6.07 Å². The van der Waals surface area contributed by atoms with Gasteiger partial charge < -0.3 is 10.0 Å². The van der Waals surface area contributed by atoms with Crippen LogP contribution in [0.5, 0.6) is 0 Å². The Bertz CT molecular complexity index is 513. The first-order valence-electron chi connectivity index (χ1n) is 7.77. The third-order valence-electron chi connectivity index (χ3n) is 4.74. The van der Waals surface area contributed by atoms with Crippen LogP contribution in [0, 0.1) is 17.2 Å². The van der Waals surface area contributed by atoms with Crippen molar-refractivity contribution in [3.05, 3.63) is 23.9 Å². The van der Waals surface area contributed by atoms with Crippen LogP contribution in [0.25, 0.3) is 0 Å². The van der Waals surface area contributed by atoms with Gasteiger partial charge in [0, 0.05) is 25.7 Å². The van der Waals surface area contributed by atoms with E-state index in [1.807, 2.05) is 12.1 Å². The second-order valence-electron chi connectivity index (χ2n) is 6.04. The molecule has 0 saturated carbocycles. The molecule has 0 atom stereocenters. The van der Waals surface area contributed by atoms with Crippen LogP contribution < -0.4 is 4.90 Å². The van der Waals surface area contributed by atoms with Gasteiger partial charge in [0.2, 0.25) is 0 Å². The van der Waals surface area contributed by atoms with E-state index in [0.29, 0.717) is 24.3 Å². The lowest BCUT2D eigenvalue weighted by molar-refractivity contribution is 0.102. The number of anilines is 1. The van der Waals surface area contributed by atoms with Crippen molar-refractivity contribution in [2.45, 2.75) is 25.3 Å². The molecule has 0 amide bonds. The lowest BCUT2D eigenvalue weighted by Crippen LogP contribution is -2.61. The summed E-state index contributed by atoms with van der Waals surface area (Å²) in [6.45, 7) is 4.63. The highest BCUT2D eigenvalue weighted by Crippen LogP contribution is 2.27. The summed E-state index contributed by atoms with van der Waals surface area (Å²) in [5, 5.41) is 17.9. The Morgan fingerprint density at radius 3 is 2.71 bits per heavy atom. The fraction of sp³-hybridized carbons (Fsp3) is 0.625. The molecule has 1 aromatic rings. The van der Waals surface area contributed by atoms with Gasteiger partial charge in [-0.3, -0.25) is 4.90 Å². The number of aromatic nitrogens is 1. The molecular weight excluding hydrogens is 264 g/mol. The minimum atomic E-state index is 0.322. The molecule has 2 fully saturated rings. The summed E-state index contributed by atoms with van der Waals surface area (Å²) < 4.78 is 0. The van der Waals surface area contributed by atoms with E-state index in [1.54, 1.807) is 6.07 Å². The van der Waals surface area contributed by atoms with E-state index in [0.717, 1.165) is 38.4 Å². The Kier molecular flexibility index (Phi) is 4.37. The molecule has 21 heavy (non-hydrogen) atoms. The van der Waals surface area contributed by atoms with Crippen LogP contribution in [-0.4, -0.2) is 53.8 Å². The summed E-state index contributed by atoms with van der Waals surface area (Å²) in [4.78, 5) is 9.16. The molecule has 3 heterocycles. The number of pyridine rings is 1. The molecule has 1 aromatic heterocycles. The smallest absolute Gasteiger partial charge is 0.142 e. The maximum atomic E-state index is 9.00. The van der Waals surface area contributed by atoms with E-state index in [4.69, 9.17) is 10.4 Å². The van der Waals surface area contributed by atoms with Gasteiger partial charge in [-0.25, -0.2) is 4.98 Å². The zero-order valence-electron chi connectivity index (χ0n) is 12.3. The third kappa shape index (κ3) is 3.17. The fourth-order valence-electron chi connectivity index (χ4n) is 3.32. The van der Waals surface area contributed by atoms with Crippen LogP contribution in [-0.2, 0) is 0 Å². The summed E-state index contributed by atoms with van der Waals surface area (Å²) in [6, 6.07) is 8.33. The quantitative estimate of drug-likeness (QED) is 0.902. The van der Waals surface area contributed by atoms with Gasteiger partial charge in [-0.15, -0.1) is 0 Å². The Balaban J connectivity index is 1.49. The Morgan fingerprint density at radius 1 is 1.29 bits per heavy atom. The second-order valence-corrected chi connectivity index (χ2v) is 6.04. The SMILES string of the molecule is N#Cc1cccc(N2CC(N3CCC(CCO)CC3)C2)n1. The number of aliphatic hydroxyl groups excluding tert-OH is 1. The number of piperidine rings is 1. The van der Waals surface area contributed by atoms with Crippen LogP contribution in [0.15, 0.2) is 18.2 Å². The van der Waals surface area contributed by atoms with Crippen molar-refractivity contribution in [1.82, 2.24) is 9.88 Å². The number of aliphatic hydroxyl groups is 1. The topological polar surface area (TPSA) is 63.4 Å². The van der Waals surface area contributed by atoms with Crippen molar-refractivity contribution in [2.24, 2.45) is 5.92 Å². The molecular formula is C16H22N4O. The molecule has 0 radical (unpaired) electrons. The molecule has 112 valence electrons. The van der Waals surface area contributed by atoms with Gasteiger partial charge in [0.25, 0.3) is 0 Å². The van der Waals surface area contributed by atoms with Crippen molar-refractivity contribution in [1.29, 1.82) is 5.26 Å². The molecule has 2 saturated heterocycles. The highest BCUT2D eigenvalue weighted by molar-refractivity contribution is 5.44. The largest absolute Gasteiger partial charge is 0.396 e. The van der Waals surface area contributed by atoms with Crippen molar-refractivity contribution < 1.29 is 5.11 Å². The number of rotatable bonds is 4. The van der Waals surface area contributed by atoms with E-state index in [9.17, 15) is 0 Å². The summed E-state index contributed by atoms with van der Waals surface area (Å²) >= 11 is 0. The highest BCUT2D eigenvalue weighted by atomic mass is 16.3. The van der Waals surface area contributed by atoms with E-state index >= 15 is 0 Å². The van der Waals surface area contributed by atoms with Crippen LogP contribution in [0.1, 0.15) is 25.0 Å². The van der Waals surface area contributed by atoms with Crippen LogP contribution in [0.2, 0.25) is 0 Å². The van der Waals surface area contributed by atoms with Gasteiger partial charge in [0.1, 0.15) is 17.6 Å². The monoisotopic (exact) mass is 286 g/mol. The summed E-state index contributed by atoms with van der Waals surface area (Å²) in [5.74, 6) is 1.62. The molecule has 3 rings (SSSR count). The van der Waals surface area contributed by atoms with Crippen LogP contribution >= 0.6 is 0 Å². The third-order valence-corrected chi connectivity index (χ3v) is 4.74. The average Bonchev–Trinajstić information content (AvgIpc) is 2.48. The molecule has 0 bridgehead atoms. The minimum Gasteiger partial charge on any atom is -0.396 e. The van der Waals surface area contributed by atoms with Gasteiger partial charge in [0.15, 0.2) is 0 Å². The van der Waals surface area contributed by atoms with Gasteiger partial charge >= 0.3 is 0 Å². The Hall–Kier alpha value is -1.64. The lowest BCUT2D eigenvalue weighted by Gasteiger charge is -2.48. The van der Waals surface area contributed by atoms with E-state index in [-0.39, 0.29) is 0 Å². The van der Waals surface area contributed by atoms with E-state index < -0.39 is 0 Å². The zero-order valence-corrected chi connectivity index (χ0v) is 12.3. The van der Waals surface area contributed by atoms with Crippen molar-refractivity contribution in [3.63, 3.8) is 0 Å². The number of hydrogen-bond donors (Lipinski definition) is 1. The highest BCUT2D eigenvalue weighted by Gasteiger charge is 2.34. The molecule has 0 spiro atoms. The fourth-order valence-corrected chi connectivity index (χ4v) is 3.32. The van der Waals surface area contributed by atoms with Gasteiger partial charge in [0.05, 0.1) is 0 Å². The van der Waals surface area contributed by atoms with E-state index in [1.165, 1.54) is 12.8 Å². The van der Waals surface area contributed by atoms with Gasteiger partial charge in [-0.2, -0.15) is 5.26 Å². The summed E-state index contributed by atoms with van der Waals surface area (Å²) in [7, 11) is 0. The average molecular weight is 286 g/mol. The first-order valence-corrected chi connectivity index (χ1v) is 7.77. The lowest BCUT2D eigenvalue weighted by atomic mass is 9.92. The molecule has 2 aliphatic heterocycles. The van der Waals surface area contributed by atoms with Crippen LogP contribution in [0.4, 0.5) is 5.82 Å². The molecule has 1 N–H and O–H groups in total. The van der Waals surface area contributed by atoms with Crippen molar-refractivity contribution >= 4 is 5.82 Å². The molecule has 5 heteroatoms. The molecule has 2 aliphatic rings. The predicted molar refractivity (Wildman–Crippen MR) is 81.0 cm³/mol. The maximum Gasteiger partial charge on any atom is 0.142 e.